The quantitative estimate of drug-likeness (QED) is 0.128. The Morgan fingerprint density at radius 3 is 1.96 bits per heavy atom. The fraction of sp³-hybridized carbons (Fsp3) is 0.382. The fourth-order valence-electron chi connectivity index (χ4n) is 17.4. The predicted octanol–water partition coefficient (Wildman–Crippen LogP) is 16.5. The van der Waals surface area contributed by atoms with Crippen molar-refractivity contribution in [3.05, 3.63) is 194 Å². The average molecular weight is 927 g/mol. The summed E-state index contributed by atoms with van der Waals surface area (Å²) >= 11 is 0. The van der Waals surface area contributed by atoms with Crippen LogP contribution in [0.25, 0.3) is 22.3 Å². The normalized spacial score (nSPS) is 27.2. The molecule has 2 nitrogen and oxygen atoms in total. The van der Waals surface area contributed by atoms with Crippen molar-refractivity contribution in [1.29, 1.82) is 0 Å². The average Bonchev–Trinajstić information content (AvgIpc) is 3.69. The number of anilines is 4. The van der Waals surface area contributed by atoms with Crippen LogP contribution in [0.3, 0.4) is 0 Å². The molecule has 0 radical (unpaired) electrons. The van der Waals surface area contributed by atoms with Crippen molar-refractivity contribution in [2.75, 3.05) is 9.71 Å². The van der Waals surface area contributed by atoms with Gasteiger partial charge in [0.15, 0.2) is 0 Å². The summed E-state index contributed by atoms with van der Waals surface area (Å²) in [6.45, 7) is 33.0. The van der Waals surface area contributed by atoms with E-state index in [-0.39, 0.29) is 45.3 Å². The molecule has 6 aromatic rings. The molecule has 3 heteroatoms. The second kappa shape index (κ2) is 13.6. The maximum atomic E-state index is 2.96. The molecule has 0 fully saturated rings. The van der Waals surface area contributed by atoms with Gasteiger partial charge in [0, 0.05) is 50.0 Å². The summed E-state index contributed by atoms with van der Waals surface area (Å²) in [6.07, 6.45) is 11.1. The summed E-state index contributed by atoms with van der Waals surface area (Å²) in [5.41, 5.74) is 29.2. The number of unbranched alkanes of at least 4 members (excludes halogenated alkanes) is 1. The van der Waals surface area contributed by atoms with E-state index >= 15 is 0 Å². The van der Waals surface area contributed by atoms with Gasteiger partial charge in [0.05, 0.1) is 5.54 Å². The van der Waals surface area contributed by atoms with E-state index in [1.165, 1.54) is 121 Å². The zero-order chi connectivity index (χ0) is 49.3. The van der Waals surface area contributed by atoms with Crippen LogP contribution in [0, 0.1) is 5.92 Å². The number of hydrogen-bond donors (Lipinski definition) is 0. The third-order valence-corrected chi connectivity index (χ3v) is 20.6. The first kappa shape index (κ1) is 43.9. The van der Waals surface area contributed by atoms with Gasteiger partial charge >= 0.3 is 6.85 Å². The number of hydrogen-bond acceptors (Lipinski definition) is 2. The number of aryl methyl sites for hydroxylation is 1. The van der Waals surface area contributed by atoms with Gasteiger partial charge in [0.25, 0.3) is 0 Å². The molecule has 6 aromatic carbocycles. The molecule has 0 saturated carbocycles. The van der Waals surface area contributed by atoms with Crippen LogP contribution in [0.1, 0.15) is 160 Å². The van der Waals surface area contributed by atoms with Crippen LogP contribution in [0.15, 0.2) is 150 Å². The van der Waals surface area contributed by atoms with Gasteiger partial charge < -0.3 is 9.71 Å². The molecule has 71 heavy (non-hydrogen) atoms. The van der Waals surface area contributed by atoms with Crippen molar-refractivity contribution in [3.8, 4) is 22.3 Å². The summed E-state index contributed by atoms with van der Waals surface area (Å²) in [5, 5.41) is 0. The molecule has 3 aliphatic heterocycles. The maximum absolute atomic E-state index is 2.96. The summed E-state index contributed by atoms with van der Waals surface area (Å²) in [4.78, 5) is 5.85. The van der Waals surface area contributed by atoms with Gasteiger partial charge in [-0.2, -0.15) is 0 Å². The molecule has 0 aromatic heterocycles. The van der Waals surface area contributed by atoms with Gasteiger partial charge in [-0.25, -0.2) is 0 Å². The number of rotatable bonds is 4. The lowest BCUT2D eigenvalue weighted by atomic mass is 9.32. The Morgan fingerprint density at radius 2 is 1.24 bits per heavy atom. The Morgan fingerprint density at radius 1 is 0.577 bits per heavy atom. The topological polar surface area (TPSA) is 6.48 Å². The second-order valence-electron chi connectivity index (χ2n) is 26.2. The van der Waals surface area contributed by atoms with Crippen LogP contribution in [-0.4, -0.2) is 12.4 Å². The molecule has 0 spiro atoms. The number of benzene rings is 6. The Balaban J connectivity index is 1.25. The van der Waals surface area contributed by atoms with E-state index < -0.39 is 5.54 Å². The molecule has 0 bridgehead atoms. The van der Waals surface area contributed by atoms with E-state index in [9.17, 15) is 0 Å². The number of nitrogens with zero attached hydrogens (tertiary/aromatic N) is 2. The maximum Gasteiger partial charge on any atom is 0.329 e. The summed E-state index contributed by atoms with van der Waals surface area (Å²) in [6, 6.07) is 46.5. The van der Waals surface area contributed by atoms with Gasteiger partial charge in [0.1, 0.15) is 0 Å². The first-order valence-electron chi connectivity index (χ1n) is 27.3. The van der Waals surface area contributed by atoms with E-state index in [0.717, 1.165) is 6.42 Å². The lowest BCUT2D eigenvalue weighted by Gasteiger charge is -2.67. The largest absolute Gasteiger partial charge is 0.377 e. The Labute approximate surface area is 425 Å². The lowest BCUT2D eigenvalue weighted by molar-refractivity contribution is 0.332. The minimum Gasteiger partial charge on any atom is -0.377 e. The molecule has 4 unspecified atom stereocenters. The van der Waals surface area contributed by atoms with Crippen molar-refractivity contribution in [1.82, 2.24) is 0 Å². The SMILES string of the molecule is CCCCc1ccc2c(c1)C1(C)C=CC(C)C3=C1C1(C)C(=C4C(C)(C)c5ccccc5C34C)B3c4c(cc5c(c4-c4cc6c(cc4N3c3ccccc3)C(C)(C)CCC6(C)C)C(C)(C)c3ccccc3-5)N21. The monoisotopic (exact) mass is 927 g/mol. The highest BCUT2D eigenvalue weighted by molar-refractivity contribution is 6.88. The number of fused-ring (bicyclic) bond motifs is 16. The smallest absolute Gasteiger partial charge is 0.329 e. The van der Waals surface area contributed by atoms with Gasteiger partial charge in [0.2, 0.25) is 0 Å². The van der Waals surface area contributed by atoms with Gasteiger partial charge in [-0.1, -0.05) is 172 Å². The van der Waals surface area contributed by atoms with Gasteiger partial charge in [-0.15, -0.1) is 0 Å². The summed E-state index contributed by atoms with van der Waals surface area (Å²) in [7, 11) is 0. The highest BCUT2D eigenvalue weighted by Gasteiger charge is 2.70. The van der Waals surface area contributed by atoms with Crippen LogP contribution in [0.2, 0.25) is 0 Å². The van der Waals surface area contributed by atoms with Crippen LogP contribution in [0.5, 0.6) is 0 Å². The lowest BCUT2D eigenvalue weighted by Crippen LogP contribution is -2.71. The second-order valence-corrected chi connectivity index (χ2v) is 26.2. The molecule has 3 heterocycles. The van der Waals surface area contributed by atoms with Crippen molar-refractivity contribution in [3.63, 3.8) is 0 Å². The number of allylic oxidation sites excluding steroid dienone is 4. The third kappa shape index (κ3) is 5.03. The van der Waals surface area contributed by atoms with E-state index in [2.05, 4.69) is 227 Å². The van der Waals surface area contributed by atoms with E-state index in [1.54, 1.807) is 22.2 Å². The Kier molecular flexibility index (Phi) is 8.43. The van der Waals surface area contributed by atoms with E-state index in [0.29, 0.717) is 0 Å². The van der Waals surface area contributed by atoms with E-state index in [4.69, 9.17) is 0 Å². The standard InChI is InChI=1S/C68H71BN2/c1-14-15-23-41-30-31-52-51(36-41)66(11)33-32-40(2)56-59(66)68(13)61(60-65(9,10)47-28-21-22-29-48(47)67(56,60)12)69-58-54(70(52)68)38-44-43-26-19-20-27-46(43)64(7,8)57(44)55(58)45-37-49-50(63(5,6)35-34-62(49,3)4)39-53(45)71(69)42-24-17-16-18-25-42/h16-22,24-33,36-40H,14-15,23,34-35H2,1-13H3. The van der Waals surface area contributed by atoms with Crippen molar-refractivity contribution >= 4 is 35.1 Å². The molecular weight excluding hydrogens is 856 g/mol. The van der Waals surface area contributed by atoms with E-state index in [1.807, 2.05) is 0 Å². The number of para-hydroxylation sites is 1. The molecule has 0 saturated heterocycles. The molecule has 0 amide bonds. The van der Waals surface area contributed by atoms with Crippen LogP contribution < -0.4 is 15.2 Å². The molecular formula is C68H71BN2. The minimum absolute atomic E-state index is 0.0344. The zero-order valence-corrected chi connectivity index (χ0v) is 44.7. The summed E-state index contributed by atoms with van der Waals surface area (Å²) < 4.78 is 0. The zero-order valence-electron chi connectivity index (χ0n) is 44.7. The molecule has 5 aliphatic carbocycles. The van der Waals surface area contributed by atoms with Crippen molar-refractivity contribution in [2.24, 2.45) is 5.92 Å². The predicted molar refractivity (Wildman–Crippen MR) is 301 cm³/mol. The third-order valence-electron chi connectivity index (χ3n) is 20.6. The van der Waals surface area contributed by atoms with Gasteiger partial charge in [-0.05, 0) is 183 Å². The highest BCUT2D eigenvalue weighted by atomic mass is 15.3. The molecule has 14 rings (SSSR count). The van der Waals surface area contributed by atoms with Crippen LogP contribution in [-0.2, 0) is 38.9 Å². The van der Waals surface area contributed by atoms with Crippen LogP contribution in [0.4, 0.5) is 22.7 Å². The van der Waals surface area contributed by atoms with Crippen LogP contribution >= 0.6 is 0 Å². The van der Waals surface area contributed by atoms with Crippen molar-refractivity contribution in [2.45, 2.75) is 160 Å². The minimum atomic E-state index is -0.522. The van der Waals surface area contributed by atoms with Crippen molar-refractivity contribution < 1.29 is 0 Å². The Hall–Kier alpha value is -5.80. The molecule has 356 valence electrons. The first-order chi connectivity index (χ1) is 33.7. The Bertz CT molecular complexity index is 3500. The summed E-state index contributed by atoms with van der Waals surface area (Å²) in [5.74, 6) is 0.254. The fourth-order valence-corrected chi connectivity index (χ4v) is 17.4. The molecule has 4 atom stereocenters. The van der Waals surface area contributed by atoms with Gasteiger partial charge in [-0.3, -0.25) is 0 Å². The highest BCUT2D eigenvalue weighted by Crippen LogP contribution is 2.73. The first-order valence-corrected chi connectivity index (χ1v) is 27.3. The molecule has 0 N–H and O–H groups in total. The molecule has 8 aliphatic rings.